The maximum Gasteiger partial charge on any atom is 0.0512 e. The second kappa shape index (κ2) is 4.97. The van der Waals surface area contributed by atoms with Gasteiger partial charge in [0.1, 0.15) is 0 Å². The second-order valence-electron chi connectivity index (χ2n) is 4.08. The molecule has 2 nitrogen and oxygen atoms in total. The van der Waals surface area contributed by atoms with Crippen LogP contribution in [0.2, 0.25) is 5.02 Å². The van der Waals surface area contributed by atoms with Crippen molar-refractivity contribution in [2.45, 2.75) is 18.9 Å². The van der Waals surface area contributed by atoms with Crippen LogP contribution in [0.15, 0.2) is 24.3 Å². The molecule has 15 heavy (non-hydrogen) atoms. The molecule has 2 atom stereocenters. The lowest BCUT2D eigenvalue weighted by molar-refractivity contribution is 0.0422. The van der Waals surface area contributed by atoms with E-state index in [9.17, 15) is 0 Å². The van der Waals surface area contributed by atoms with Crippen LogP contribution >= 0.6 is 11.6 Å². The third kappa shape index (κ3) is 2.71. The van der Waals surface area contributed by atoms with E-state index in [1.807, 2.05) is 18.2 Å². The summed E-state index contributed by atoms with van der Waals surface area (Å²) < 4.78 is 5.44. The molecule has 0 radical (unpaired) electrons. The molecule has 0 aromatic heterocycles. The summed E-state index contributed by atoms with van der Waals surface area (Å²) in [5.74, 6) is 0.402. The molecular formula is C12H16ClNO. The summed E-state index contributed by atoms with van der Waals surface area (Å²) in [6, 6.07) is 8.19. The van der Waals surface area contributed by atoms with E-state index in [4.69, 9.17) is 22.1 Å². The van der Waals surface area contributed by atoms with Crippen molar-refractivity contribution in [3.05, 3.63) is 34.9 Å². The first kappa shape index (κ1) is 10.9. The molecule has 1 heterocycles. The number of hydrogen-bond donors (Lipinski definition) is 1. The predicted molar refractivity (Wildman–Crippen MR) is 62.1 cm³/mol. The van der Waals surface area contributed by atoms with Gasteiger partial charge in [0.15, 0.2) is 0 Å². The molecule has 0 saturated carbocycles. The molecule has 0 spiro atoms. The number of hydrogen-bond acceptors (Lipinski definition) is 2. The molecule has 1 aliphatic rings. The quantitative estimate of drug-likeness (QED) is 0.838. The van der Waals surface area contributed by atoms with Crippen LogP contribution in [-0.2, 0) is 11.2 Å². The first-order valence-electron chi connectivity index (χ1n) is 5.34. The topological polar surface area (TPSA) is 35.2 Å². The van der Waals surface area contributed by atoms with Crippen LogP contribution < -0.4 is 5.73 Å². The zero-order chi connectivity index (χ0) is 10.7. The average molecular weight is 226 g/mol. The molecule has 3 heteroatoms. The Morgan fingerprint density at radius 3 is 2.93 bits per heavy atom. The highest BCUT2D eigenvalue weighted by molar-refractivity contribution is 6.31. The van der Waals surface area contributed by atoms with Crippen molar-refractivity contribution < 1.29 is 4.74 Å². The molecule has 0 amide bonds. The molecule has 2 unspecified atom stereocenters. The van der Waals surface area contributed by atoms with Crippen LogP contribution in [0.25, 0.3) is 0 Å². The molecule has 1 aromatic rings. The summed E-state index contributed by atoms with van der Waals surface area (Å²) >= 11 is 6.11. The number of nitrogens with two attached hydrogens (primary N) is 1. The normalized spacial score (nSPS) is 26.5. The van der Waals surface area contributed by atoms with Crippen LogP contribution in [0.4, 0.5) is 0 Å². The summed E-state index contributed by atoms with van der Waals surface area (Å²) in [6.07, 6.45) is 1.87. The third-order valence-corrected chi connectivity index (χ3v) is 3.34. The van der Waals surface area contributed by atoms with E-state index in [2.05, 4.69) is 6.07 Å². The highest BCUT2D eigenvalue weighted by atomic mass is 35.5. The molecular weight excluding hydrogens is 210 g/mol. The smallest absolute Gasteiger partial charge is 0.0512 e. The summed E-state index contributed by atoms with van der Waals surface area (Å²) in [7, 11) is 0. The number of benzene rings is 1. The Balaban J connectivity index is 2.04. The lowest BCUT2D eigenvalue weighted by Gasteiger charge is -2.28. The zero-order valence-electron chi connectivity index (χ0n) is 8.66. The summed E-state index contributed by atoms with van der Waals surface area (Å²) in [5.41, 5.74) is 7.23. The Bertz CT molecular complexity index is 329. The minimum Gasteiger partial charge on any atom is -0.381 e. The molecule has 1 saturated heterocycles. The van der Waals surface area contributed by atoms with E-state index < -0.39 is 0 Å². The molecule has 0 aliphatic carbocycles. The van der Waals surface area contributed by atoms with Gasteiger partial charge in [-0.25, -0.2) is 0 Å². The summed E-state index contributed by atoms with van der Waals surface area (Å²) in [5, 5.41) is 0.829. The minimum atomic E-state index is 0.245. The Hall–Kier alpha value is -0.570. The second-order valence-corrected chi connectivity index (χ2v) is 4.49. The van der Waals surface area contributed by atoms with Crippen molar-refractivity contribution >= 4 is 11.6 Å². The van der Waals surface area contributed by atoms with Gasteiger partial charge in [0.05, 0.1) is 6.61 Å². The first-order valence-corrected chi connectivity index (χ1v) is 5.72. The summed E-state index contributed by atoms with van der Waals surface area (Å²) in [4.78, 5) is 0. The van der Waals surface area contributed by atoms with Gasteiger partial charge in [-0.05, 0) is 24.5 Å². The molecule has 2 N–H and O–H groups in total. The molecule has 82 valence electrons. The van der Waals surface area contributed by atoms with E-state index in [0.29, 0.717) is 5.92 Å². The van der Waals surface area contributed by atoms with Crippen molar-refractivity contribution in [1.29, 1.82) is 0 Å². The Labute approximate surface area is 95.4 Å². The van der Waals surface area contributed by atoms with E-state index in [0.717, 1.165) is 31.1 Å². The van der Waals surface area contributed by atoms with Crippen molar-refractivity contribution in [3.8, 4) is 0 Å². The minimum absolute atomic E-state index is 0.245. The third-order valence-electron chi connectivity index (χ3n) is 2.97. The maximum atomic E-state index is 6.11. The average Bonchev–Trinajstić information content (AvgIpc) is 2.24. The summed E-state index contributed by atoms with van der Waals surface area (Å²) in [6.45, 7) is 1.55. The number of halogens is 1. The molecule has 2 rings (SSSR count). The molecule has 1 aliphatic heterocycles. The molecule has 1 aromatic carbocycles. The van der Waals surface area contributed by atoms with Crippen LogP contribution in [0.5, 0.6) is 0 Å². The van der Waals surface area contributed by atoms with Crippen LogP contribution in [0.3, 0.4) is 0 Å². The Morgan fingerprint density at radius 1 is 1.40 bits per heavy atom. The maximum absolute atomic E-state index is 6.11. The number of ether oxygens (including phenoxy) is 1. The van der Waals surface area contributed by atoms with Crippen molar-refractivity contribution in [1.82, 2.24) is 0 Å². The van der Waals surface area contributed by atoms with Crippen LogP contribution in [0.1, 0.15) is 12.0 Å². The van der Waals surface area contributed by atoms with E-state index in [-0.39, 0.29) is 6.04 Å². The lowest BCUT2D eigenvalue weighted by atomic mass is 9.90. The predicted octanol–water partition coefficient (Wildman–Crippen LogP) is 2.25. The number of rotatable bonds is 2. The van der Waals surface area contributed by atoms with Gasteiger partial charge in [-0.2, -0.15) is 0 Å². The zero-order valence-corrected chi connectivity index (χ0v) is 9.41. The van der Waals surface area contributed by atoms with Gasteiger partial charge in [0.25, 0.3) is 0 Å². The highest BCUT2D eigenvalue weighted by Crippen LogP contribution is 2.23. The van der Waals surface area contributed by atoms with Gasteiger partial charge in [-0.3, -0.25) is 0 Å². The van der Waals surface area contributed by atoms with Crippen molar-refractivity contribution in [2.75, 3.05) is 13.2 Å². The van der Waals surface area contributed by atoms with Crippen LogP contribution in [-0.4, -0.2) is 19.3 Å². The Morgan fingerprint density at radius 2 is 2.20 bits per heavy atom. The van der Waals surface area contributed by atoms with Crippen molar-refractivity contribution in [2.24, 2.45) is 11.7 Å². The van der Waals surface area contributed by atoms with Gasteiger partial charge < -0.3 is 10.5 Å². The van der Waals surface area contributed by atoms with Gasteiger partial charge in [-0.15, -0.1) is 0 Å². The van der Waals surface area contributed by atoms with E-state index in [1.165, 1.54) is 5.56 Å². The lowest BCUT2D eigenvalue weighted by Crippen LogP contribution is -2.39. The SMILES string of the molecule is NC1CCOCC1Cc1ccccc1Cl. The Kier molecular flexibility index (Phi) is 3.62. The van der Waals surface area contributed by atoms with Crippen LogP contribution in [0, 0.1) is 5.92 Å². The molecule has 1 fully saturated rings. The van der Waals surface area contributed by atoms with Gasteiger partial charge >= 0.3 is 0 Å². The van der Waals surface area contributed by atoms with Gasteiger partial charge in [-0.1, -0.05) is 29.8 Å². The molecule has 0 bridgehead atoms. The van der Waals surface area contributed by atoms with Crippen molar-refractivity contribution in [3.63, 3.8) is 0 Å². The van der Waals surface area contributed by atoms with Gasteiger partial charge in [0.2, 0.25) is 0 Å². The monoisotopic (exact) mass is 225 g/mol. The fraction of sp³-hybridized carbons (Fsp3) is 0.500. The standard InChI is InChI=1S/C12H16ClNO/c13-11-4-2-1-3-9(11)7-10-8-15-6-5-12(10)14/h1-4,10,12H,5-8,14H2. The first-order chi connectivity index (χ1) is 7.27. The highest BCUT2D eigenvalue weighted by Gasteiger charge is 2.23. The largest absolute Gasteiger partial charge is 0.381 e. The van der Waals surface area contributed by atoms with E-state index in [1.54, 1.807) is 0 Å². The van der Waals surface area contributed by atoms with Gasteiger partial charge in [0, 0.05) is 23.6 Å². The van der Waals surface area contributed by atoms with E-state index >= 15 is 0 Å². The fourth-order valence-corrected chi connectivity index (χ4v) is 2.18. The fourth-order valence-electron chi connectivity index (χ4n) is 1.97.